The lowest BCUT2D eigenvalue weighted by Gasteiger charge is -2.31. The number of allylic oxidation sites excluding steroid dienone is 3. The Kier molecular flexibility index (Phi) is 3.10. The van der Waals surface area contributed by atoms with Crippen LogP contribution in [0, 0.1) is 11.3 Å². The molecule has 0 saturated heterocycles. The fraction of sp³-hybridized carbons (Fsp3) is 0.375. The van der Waals surface area contributed by atoms with E-state index in [4.69, 9.17) is 5.73 Å². The monoisotopic (exact) mass is 227 g/mol. The van der Waals surface area contributed by atoms with Crippen LogP contribution in [0.5, 0.6) is 0 Å². The SMILES string of the molecule is CC(C)(C)C1C=C(c2ccccc2)C(N)=CC1. The van der Waals surface area contributed by atoms with Crippen molar-refractivity contribution >= 4 is 5.57 Å². The molecule has 1 unspecified atom stereocenters. The lowest BCUT2D eigenvalue weighted by atomic mass is 9.75. The highest BCUT2D eigenvalue weighted by Crippen LogP contribution is 2.37. The Hall–Kier alpha value is -1.50. The Morgan fingerprint density at radius 1 is 1.12 bits per heavy atom. The molecule has 1 nitrogen and oxygen atoms in total. The van der Waals surface area contributed by atoms with Gasteiger partial charge in [0.05, 0.1) is 0 Å². The predicted octanol–water partition coefficient (Wildman–Crippen LogP) is 3.98. The standard InChI is InChI=1S/C16H21N/c1-16(2,3)13-9-10-15(17)14(11-13)12-7-5-4-6-8-12/h4-8,10-11,13H,9,17H2,1-3H3. The number of rotatable bonds is 1. The van der Waals surface area contributed by atoms with Gasteiger partial charge in [0.1, 0.15) is 0 Å². The van der Waals surface area contributed by atoms with Gasteiger partial charge in [-0.3, -0.25) is 0 Å². The number of benzene rings is 1. The first-order valence-corrected chi connectivity index (χ1v) is 6.22. The summed E-state index contributed by atoms with van der Waals surface area (Å²) < 4.78 is 0. The van der Waals surface area contributed by atoms with Crippen molar-refractivity contribution in [1.82, 2.24) is 0 Å². The molecule has 1 aromatic carbocycles. The van der Waals surface area contributed by atoms with Gasteiger partial charge in [-0.25, -0.2) is 0 Å². The molecule has 0 spiro atoms. The molecule has 1 atom stereocenters. The predicted molar refractivity (Wildman–Crippen MR) is 74.3 cm³/mol. The average molecular weight is 227 g/mol. The van der Waals surface area contributed by atoms with Gasteiger partial charge in [-0.1, -0.05) is 63.3 Å². The van der Waals surface area contributed by atoms with Gasteiger partial charge in [0.25, 0.3) is 0 Å². The van der Waals surface area contributed by atoms with Gasteiger partial charge in [-0.05, 0) is 23.3 Å². The van der Waals surface area contributed by atoms with Crippen LogP contribution in [0.15, 0.2) is 48.2 Å². The van der Waals surface area contributed by atoms with E-state index >= 15 is 0 Å². The Balaban J connectivity index is 2.37. The summed E-state index contributed by atoms with van der Waals surface area (Å²) in [5.41, 5.74) is 9.72. The van der Waals surface area contributed by atoms with Crippen molar-refractivity contribution < 1.29 is 0 Å². The first kappa shape index (κ1) is 12.0. The zero-order valence-corrected chi connectivity index (χ0v) is 10.9. The molecule has 1 heteroatoms. The third-order valence-electron chi connectivity index (χ3n) is 3.47. The molecule has 0 aliphatic heterocycles. The van der Waals surface area contributed by atoms with Crippen molar-refractivity contribution in [3.05, 3.63) is 53.7 Å². The second kappa shape index (κ2) is 4.40. The maximum Gasteiger partial charge on any atom is 0.0350 e. The molecule has 2 rings (SSSR count). The van der Waals surface area contributed by atoms with Gasteiger partial charge in [0, 0.05) is 11.3 Å². The second-order valence-corrected chi connectivity index (χ2v) is 5.81. The Labute approximate surface area is 104 Å². The third kappa shape index (κ3) is 2.60. The van der Waals surface area contributed by atoms with Crippen molar-refractivity contribution in [1.29, 1.82) is 0 Å². The van der Waals surface area contributed by atoms with E-state index in [0.29, 0.717) is 5.92 Å². The van der Waals surface area contributed by atoms with Gasteiger partial charge >= 0.3 is 0 Å². The lowest BCUT2D eigenvalue weighted by molar-refractivity contribution is 0.294. The highest BCUT2D eigenvalue weighted by molar-refractivity contribution is 5.79. The summed E-state index contributed by atoms with van der Waals surface area (Å²) in [6.45, 7) is 6.85. The van der Waals surface area contributed by atoms with Crippen LogP contribution in [0.1, 0.15) is 32.8 Å². The minimum Gasteiger partial charge on any atom is -0.398 e. The summed E-state index contributed by atoms with van der Waals surface area (Å²) in [6, 6.07) is 10.4. The molecular formula is C16H21N. The van der Waals surface area contributed by atoms with Gasteiger partial charge in [0.2, 0.25) is 0 Å². The van der Waals surface area contributed by atoms with Crippen LogP contribution in [0.3, 0.4) is 0 Å². The van der Waals surface area contributed by atoms with Gasteiger partial charge < -0.3 is 5.73 Å². The van der Waals surface area contributed by atoms with Crippen LogP contribution in [0.2, 0.25) is 0 Å². The summed E-state index contributed by atoms with van der Waals surface area (Å²) in [4.78, 5) is 0. The molecule has 1 aliphatic rings. The van der Waals surface area contributed by atoms with Gasteiger partial charge in [-0.15, -0.1) is 0 Å². The molecule has 0 saturated carbocycles. The largest absolute Gasteiger partial charge is 0.398 e. The molecule has 0 radical (unpaired) electrons. The van der Waals surface area contributed by atoms with Gasteiger partial charge in [-0.2, -0.15) is 0 Å². The third-order valence-corrected chi connectivity index (χ3v) is 3.47. The molecule has 0 fully saturated rings. The van der Waals surface area contributed by atoms with Crippen molar-refractivity contribution in [3.63, 3.8) is 0 Å². The Bertz CT molecular complexity index is 446. The fourth-order valence-electron chi connectivity index (χ4n) is 2.21. The maximum atomic E-state index is 6.11. The quantitative estimate of drug-likeness (QED) is 0.771. The zero-order chi connectivity index (χ0) is 12.5. The molecule has 90 valence electrons. The Morgan fingerprint density at radius 3 is 2.35 bits per heavy atom. The minimum atomic E-state index is 0.289. The number of hydrogen-bond acceptors (Lipinski definition) is 1. The summed E-state index contributed by atoms with van der Waals surface area (Å²) in [6.07, 6.45) is 5.55. The highest BCUT2D eigenvalue weighted by atomic mass is 14.6. The molecule has 0 bridgehead atoms. The van der Waals surface area contributed by atoms with E-state index in [2.05, 4.69) is 57.2 Å². The maximum absolute atomic E-state index is 6.11. The van der Waals surface area contributed by atoms with E-state index in [1.54, 1.807) is 0 Å². The van der Waals surface area contributed by atoms with E-state index in [1.165, 1.54) is 11.1 Å². The molecular weight excluding hydrogens is 206 g/mol. The summed E-state index contributed by atoms with van der Waals surface area (Å²) in [5, 5.41) is 0. The molecule has 0 heterocycles. The van der Waals surface area contributed by atoms with E-state index < -0.39 is 0 Å². The minimum absolute atomic E-state index is 0.289. The van der Waals surface area contributed by atoms with Crippen LogP contribution in [-0.4, -0.2) is 0 Å². The van der Waals surface area contributed by atoms with Gasteiger partial charge in [0.15, 0.2) is 0 Å². The highest BCUT2D eigenvalue weighted by Gasteiger charge is 2.25. The zero-order valence-electron chi connectivity index (χ0n) is 10.9. The van der Waals surface area contributed by atoms with Crippen LogP contribution in [-0.2, 0) is 0 Å². The number of nitrogens with two attached hydrogens (primary N) is 1. The van der Waals surface area contributed by atoms with Crippen LogP contribution in [0.4, 0.5) is 0 Å². The average Bonchev–Trinajstić information content (AvgIpc) is 2.29. The van der Waals surface area contributed by atoms with Crippen molar-refractivity contribution in [2.45, 2.75) is 27.2 Å². The van der Waals surface area contributed by atoms with Crippen LogP contribution >= 0.6 is 0 Å². The van der Waals surface area contributed by atoms with Crippen molar-refractivity contribution in [3.8, 4) is 0 Å². The molecule has 1 aliphatic carbocycles. The number of hydrogen-bond donors (Lipinski definition) is 1. The smallest absolute Gasteiger partial charge is 0.0350 e. The van der Waals surface area contributed by atoms with E-state index in [9.17, 15) is 0 Å². The lowest BCUT2D eigenvalue weighted by Crippen LogP contribution is -2.21. The molecule has 1 aromatic rings. The summed E-state index contributed by atoms with van der Waals surface area (Å²) in [7, 11) is 0. The van der Waals surface area contributed by atoms with Crippen LogP contribution < -0.4 is 5.73 Å². The first-order valence-electron chi connectivity index (χ1n) is 6.22. The summed E-state index contributed by atoms with van der Waals surface area (Å²) >= 11 is 0. The normalized spacial score (nSPS) is 20.8. The Morgan fingerprint density at radius 2 is 1.76 bits per heavy atom. The van der Waals surface area contributed by atoms with Crippen molar-refractivity contribution in [2.24, 2.45) is 17.1 Å². The molecule has 17 heavy (non-hydrogen) atoms. The van der Waals surface area contributed by atoms with E-state index in [0.717, 1.165) is 12.1 Å². The first-order chi connectivity index (χ1) is 7.98. The topological polar surface area (TPSA) is 26.0 Å². The van der Waals surface area contributed by atoms with Crippen molar-refractivity contribution in [2.75, 3.05) is 0 Å². The molecule has 0 amide bonds. The van der Waals surface area contributed by atoms with E-state index in [1.807, 2.05) is 6.07 Å². The fourth-order valence-corrected chi connectivity index (χ4v) is 2.21. The molecule has 0 aromatic heterocycles. The molecule has 2 N–H and O–H groups in total. The van der Waals surface area contributed by atoms with E-state index in [-0.39, 0.29) is 5.41 Å². The van der Waals surface area contributed by atoms with Crippen LogP contribution in [0.25, 0.3) is 5.57 Å². The summed E-state index contributed by atoms with van der Waals surface area (Å²) in [5.74, 6) is 0.560. The second-order valence-electron chi connectivity index (χ2n) is 5.81.